The Morgan fingerprint density at radius 1 is 1.16 bits per heavy atom. The first-order valence-electron chi connectivity index (χ1n) is 8.49. The summed E-state index contributed by atoms with van der Waals surface area (Å²) in [6.45, 7) is 5.49. The van der Waals surface area contributed by atoms with Crippen molar-refractivity contribution >= 4 is 17.7 Å². The second kappa shape index (κ2) is 7.72. The molecule has 0 unspecified atom stereocenters. The van der Waals surface area contributed by atoms with Gasteiger partial charge in [-0.3, -0.25) is 4.79 Å². The van der Waals surface area contributed by atoms with Crippen LogP contribution in [0.15, 0.2) is 18.2 Å². The quantitative estimate of drug-likeness (QED) is 0.777. The van der Waals surface area contributed by atoms with Gasteiger partial charge in [0.2, 0.25) is 0 Å². The number of alkyl carbamates (subject to hydrolysis) is 1. The van der Waals surface area contributed by atoms with Crippen LogP contribution in [0.5, 0.6) is 0 Å². The van der Waals surface area contributed by atoms with Crippen molar-refractivity contribution in [2.24, 2.45) is 5.73 Å². The number of hydrogen-bond acceptors (Lipinski definition) is 4. The molecule has 2 amide bonds. The Balaban J connectivity index is 1.84. The van der Waals surface area contributed by atoms with Gasteiger partial charge in [0.15, 0.2) is 0 Å². The van der Waals surface area contributed by atoms with Gasteiger partial charge in [-0.15, -0.1) is 0 Å². The Kier molecular flexibility index (Phi) is 5.87. The summed E-state index contributed by atoms with van der Waals surface area (Å²) in [6, 6.07) is 4.54. The van der Waals surface area contributed by atoms with Crippen molar-refractivity contribution in [3.63, 3.8) is 0 Å². The normalized spacial score (nSPS) is 20.6. The van der Waals surface area contributed by atoms with Crippen molar-refractivity contribution in [2.45, 2.75) is 64.1 Å². The minimum absolute atomic E-state index is 0.0855. The number of halogens is 1. The van der Waals surface area contributed by atoms with E-state index in [1.807, 2.05) is 20.8 Å². The van der Waals surface area contributed by atoms with E-state index < -0.39 is 23.4 Å². The first kappa shape index (κ1) is 19.0. The lowest BCUT2D eigenvalue weighted by molar-refractivity contribution is 0.0492. The van der Waals surface area contributed by atoms with Crippen LogP contribution in [0.3, 0.4) is 0 Å². The van der Waals surface area contributed by atoms with Gasteiger partial charge >= 0.3 is 6.09 Å². The molecule has 4 N–H and O–H groups in total. The first-order valence-corrected chi connectivity index (χ1v) is 8.49. The topological polar surface area (TPSA) is 93.4 Å². The summed E-state index contributed by atoms with van der Waals surface area (Å²) < 4.78 is 18.8. The van der Waals surface area contributed by atoms with E-state index in [9.17, 15) is 14.0 Å². The summed E-state index contributed by atoms with van der Waals surface area (Å²) in [7, 11) is 0. The number of amides is 2. The molecule has 1 saturated carbocycles. The van der Waals surface area contributed by atoms with Crippen LogP contribution in [-0.4, -0.2) is 29.7 Å². The van der Waals surface area contributed by atoms with Gasteiger partial charge in [-0.1, -0.05) is 0 Å². The molecule has 0 radical (unpaired) electrons. The Morgan fingerprint density at radius 3 is 2.32 bits per heavy atom. The van der Waals surface area contributed by atoms with Crippen molar-refractivity contribution in [2.75, 3.05) is 5.32 Å². The first-order chi connectivity index (χ1) is 11.6. The number of hydrogen-bond donors (Lipinski definition) is 3. The zero-order valence-corrected chi connectivity index (χ0v) is 14.9. The fraction of sp³-hybridized carbons (Fsp3) is 0.556. The van der Waals surface area contributed by atoms with Gasteiger partial charge in [-0.05, 0) is 64.7 Å². The molecule has 1 aromatic carbocycles. The van der Waals surface area contributed by atoms with Crippen LogP contribution in [0.4, 0.5) is 14.9 Å². The van der Waals surface area contributed by atoms with Gasteiger partial charge in [-0.25, -0.2) is 9.18 Å². The summed E-state index contributed by atoms with van der Waals surface area (Å²) in [5.41, 5.74) is 5.20. The summed E-state index contributed by atoms with van der Waals surface area (Å²) in [5.74, 6) is -1.41. The molecule has 2 rings (SSSR count). The van der Waals surface area contributed by atoms with Crippen LogP contribution in [0, 0.1) is 5.82 Å². The highest BCUT2D eigenvalue weighted by Crippen LogP contribution is 2.24. The molecule has 0 atom stereocenters. The maximum absolute atomic E-state index is 13.5. The zero-order chi connectivity index (χ0) is 18.6. The molecule has 1 aromatic rings. The Labute approximate surface area is 147 Å². The number of anilines is 1. The minimum atomic E-state index is -0.786. The van der Waals surface area contributed by atoms with Crippen LogP contribution >= 0.6 is 0 Å². The van der Waals surface area contributed by atoms with E-state index >= 15 is 0 Å². The van der Waals surface area contributed by atoms with Crippen LogP contribution in [0.1, 0.15) is 56.8 Å². The van der Waals surface area contributed by atoms with E-state index in [4.69, 9.17) is 10.5 Å². The Bertz CT molecular complexity index is 635. The lowest BCUT2D eigenvalue weighted by atomic mass is 9.91. The molecule has 0 bridgehead atoms. The largest absolute Gasteiger partial charge is 0.444 e. The number of carbonyl (C=O) groups is 2. The van der Waals surface area contributed by atoms with Crippen molar-refractivity contribution in [1.82, 2.24) is 5.32 Å². The standard InChI is InChI=1S/C18H26FN3O3/c1-18(2,3)25-17(24)22-12-6-4-11(5-7-12)21-13-8-9-15(19)14(10-13)16(20)23/h8-12,21H,4-7H2,1-3H3,(H2,20,23)(H,22,24). The maximum Gasteiger partial charge on any atom is 0.407 e. The van der Waals surface area contributed by atoms with Crippen molar-refractivity contribution in [1.29, 1.82) is 0 Å². The summed E-state index contributed by atoms with van der Waals surface area (Å²) in [4.78, 5) is 23.0. The Hall–Kier alpha value is -2.31. The minimum Gasteiger partial charge on any atom is -0.444 e. The number of benzene rings is 1. The van der Waals surface area contributed by atoms with Crippen LogP contribution < -0.4 is 16.4 Å². The molecule has 1 fully saturated rings. The van der Waals surface area contributed by atoms with Gasteiger partial charge in [0.1, 0.15) is 11.4 Å². The monoisotopic (exact) mass is 351 g/mol. The van der Waals surface area contributed by atoms with E-state index in [-0.39, 0.29) is 17.6 Å². The predicted octanol–water partition coefficient (Wildman–Crippen LogP) is 3.17. The summed E-state index contributed by atoms with van der Waals surface area (Å²) in [6.07, 6.45) is 2.95. The number of carbonyl (C=O) groups excluding carboxylic acids is 2. The van der Waals surface area contributed by atoms with E-state index in [1.165, 1.54) is 12.1 Å². The molecule has 0 aromatic heterocycles. The van der Waals surface area contributed by atoms with Gasteiger partial charge in [0, 0.05) is 17.8 Å². The van der Waals surface area contributed by atoms with Crippen LogP contribution in [0.2, 0.25) is 0 Å². The van der Waals surface area contributed by atoms with Gasteiger partial charge in [0.05, 0.1) is 5.56 Å². The Morgan fingerprint density at radius 2 is 1.76 bits per heavy atom. The third-order valence-corrected chi connectivity index (χ3v) is 4.05. The molecule has 0 heterocycles. The van der Waals surface area contributed by atoms with Crippen LogP contribution in [0.25, 0.3) is 0 Å². The van der Waals surface area contributed by atoms with Crippen molar-refractivity contribution in [3.8, 4) is 0 Å². The van der Waals surface area contributed by atoms with E-state index in [2.05, 4.69) is 10.6 Å². The van der Waals surface area contributed by atoms with Crippen molar-refractivity contribution < 1.29 is 18.7 Å². The predicted molar refractivity (Wildman–Crippen MR) is 94.0 cm³/mol. The fourth-order valence-corrected chi connectivity index (χ4v) is 2.90. The molecule has 0 saturated heterocycles. The molecule has 0 spiro atoms. The lowest BCUT2D eigenvalue weighted by Crippen LogP contribution is -2.42. The average Bonchev–Trinajstić information content (AvgIpc) is 2.49. The smallest absolute Gasteiger partial charge is 0.407 e. The molecule has 7 heteroatoms. The summed E-state index contributed by atoms with van der Waals surface area (Å²) >= 11 is 0. The molecule has 25 heavy (non-hydrogen) atoms. The lowest BCUT2D eigenvalue weighted by Gasteiger charge is -2.31. The van der Waals surface area contributed by atoms with Gasteiger partial charge in [-0.2, -0.15) is 0 Å². The average molecular weight is 351 g/mol. The molecule has 138 valence electrons. The SMILES string of the molecule is CC(C)(C)OC(=O)NC1CCC(Nc2ccc(F)c(C(N)=O)c2)CC1. The summed E-state index contributed by atoms with van der Waals surface area (Å²) in [5, 5.41) is 6.19. The molecular formula is C18H26FN3O3. The molecule has 1 aliphatic rings. The fourth-order valence-electron chi connectivity index (χ4n) is 2.90. The van der Waals surface area contributed by atoms with Gasteiger partial charge in [0.25, 0.3) is 5.91 Å². The molecular weight excluding hydrogens is 325 g/mol. The van der Waals surface area contributed by atoms with E-state index in [1.54, 1.807) is 6.07 Å². The van der Waals surface area contributed by atoms with Crippen molar-refractivity contribution in [3.05, 3.63) is 29.6 Å². The highest BCUT2D eigenvalue weighted by Gasteiger charge is 2.25. The second-order valence-electron chi connectivity index (χ2n) is 7.40. The number of nitrogens with two attached hydrogens (primary N) is 1. The third kappa shape index (κ3) is 5.92. The second-order valence-corrected chi connectivity index (χ2v) is 7.40. The molecule has 1 aliphatic carbocycles. The highest BCUT2D eigenvalue weighted by atomic mass is 19.1. The number of ether oxygens (including phenoxy) is 1. The molecule has 0 aliphatic heterocycles. The van der Waals surface area contributed by atoms with Gasteiger partial charge < -0.3 is 21.1 Å². The highest BCUT2D eigenvalue weighted by molar-refractivity contribution is 5.94. The maximum atomic E-state index is 13.5. The molecule has 6 nitrogen and oxygen atoms in total. The number of rotatable bonds is 4. The van der Waals surface area contributed by atoms with Crippen LogP contribution in [-0.2, 0) is 4.74 Å². The van der Waals surface area contributed by atoms with E-state index in [0.29, 0.717) is 5.69 Å². The number of primary amides is 1. The van der Waals surface area contributed by atoms with E-state index in [0.717, 1.165) is 25.7 Å². The number of nitrogens with one attached hydrogen (secondary N) is 2. The third-order valence-electron chi connectivity index (χ3n) is 4.05. The zero-order valence-electron chi connectivity index (χ0n) is 14.9.